The second-order valence-electron chi connectivity index (χ2n) is 5.90. The number of nitrogens with one attached hydrogen (secondary N) is 1. The van der Waals surface area contributed by atoms with Crippen LogP contribution >= 0.6 is 0 Å². The highest BCUT2D eigenvalue weighted by Crippen LogP contribution is 2.20. The molecule has 1 atom stereocenters. The Kier molecular flexibility index (Phi) is 3.96. The first kappa shape index (κ1) is 14.8. The average Bonchev–Trinajstić information content (AvgIpc) is 2.88. The highest BCUT2D eigenvalue weighted by atomic mass is 16.1. The first-order valence-electron chi connectivity index (χ1n) is 7.86. The molecule has 1 aliphatic rings. The van der Waals surface area contributed by atoms with E-state index < -0.39 is 0 Å². The summed E-state index contributed by atoms with van der Waals surface area (Å²) in [5, 5.41) is 3.16. The lowest BCUT2D eigenvalue weighted by Gasteiger charge is -2.24. The van der Waals surface area contributed by atoms with Crippen LogP contribution in [-0.2, 0) is 19.4 Å². The van der Waals surface area contributed by atoms with Crippen LogP contribution in [0.4, 0.5) is 0 Å². The zero-order valence-electron chi connectivity index (χ0n) is 13.4. The summed E-state index contributed by atoms with van der Waals surface area (Å²) in [7, 11) is 0. The third-order valence-corrected chi connectivity index (χ3v) is 4.43. The maximum absolute atomic E-state index is 12.5. The third-order valence-electron chi connectivity index (χ3n) is 4.43. The Bertz CT molecular complexity index is 705. The predicted molar refractivity (Wildman–Crippen MR) is 84.9 cm³/mol. The molecule has 5 nitrogen and oxygen atoms in total. The minimum Gasteiger partial charge on any atom is -0.351 e. The molecule has 5 heteroatoms. The number of aryl methyl sites for hydroxylation is 3. The molecule has 2 heterocycles. The first-order valence-corrected chi connectivity index (χ1v) is 7.86. The summed E-state index contributed by atoms with van der Waals surface area (Å²) in [6.07, 6.45) is 6.52. The summed E-state index contributed by atoms with van der Waals surface area (Å²) in [5.41, 5.74) is 4.08. The molecular formula is C17H22N4O. The van der Waals surface area contributed by atoms with Crippen molar-refractivity contribution in [2.24, 2.45) is 0 Å². The lowest BCUT2D eigenvalue weighted by Crippen LogP contribution is -2.39. The van der Waals surface area contributed by atoms with Gasteiger partial charge in [0.1, 0.15) is 5.82 Å². The van der Waals surface area contributed by atoms with E-state index in [-0.39, 0.29) is 11.9 Å². The van der Waals surface area contributed by atoms with E-state index in [0.29, 0.717) is 0 Å². The van der Waals surface area contributed by atoms with Gasteiger partial charge in [0.05, 0.1) is 5.56 Å². The second-order valence-corrected chi connectivity index (χ2v) is 5.90. The lowest BCUT2D eigenvalue weighted by molar-refractivity contribution is 0.0932. The number of nitrogens with zero attached hydrogens (tertiary/aromatic N) is 3. The molecule has 0 bridgehead atoms. The van der Waals surface area contributed by atoms with E-state index in [1.165, 1.54) is 0 Å². The number of hydrogen-bond donors (Lipinski definition) is 1. The van der Waals surface area contributed by atoms with Crippen LogP contribution in [0.3, 0.4) is 0 Å². The van der Waals surface area contributed by atoms with Gasteiger partial charge in [-0.3, -0.25) is 4.79 Å². The number of carbonyl (C=O) groups is 1. The zero-order chi connectivity index (χ0) is 15.7. The average molecular weight is 298 g/mol. The van der Waals surface area contributed by atoms with Crippen LogP contribution < -0.4 is 5.32 Å². The summed E-state index contributed by atoms with van der Waals surface area (Å²) >= 11 is 0. The van der Waals surface area contributed by atoms with Crippen molar-refractivity contribution in [2.75, 3.05) is 0 Å². The highest BCUT2D eigenvalue weighted by Gasteiger charge is 2.23. The molecule has 1 aliphatic carbocycles. The van der Waals surface area contributed by atoms with Crippen molar-refractivity contribution in [3.63, 3.8) is 0 Å². The smallest absolute Gasteiger partial charge is 0.253 e. The molecule has 1 N–H and O–H groups in total. The largest absolute Gasteiger partial charge is 0.351 e. The molecule has 116 valence electrons. The van der Waals surface area contributed by atoms with Gasteiger partial charge in [-0.15, -0.1) is 0 Å². The number of rotatable bonds is 3. The Hall–Kier alpha value is -2.17. The summed E-state index contributed by atoms with van der Waals surface area (Å²) < 4.78 is 2.09. The molecule has 22 heavy (non-hydrogen) atoms. The molecule has 3 rings (SSSR count). The van der Waals surface area contributed by atoms with Gasteiger partial charge in [0.2, 0.25) is 0 Å². The van der Waals surface area contributed by atoms with Crippen LogP contribution in [0.25, 0.3) is 0 Å². The van der Waals surface area contributed by atoms with Crippen LogP contribution in [0.2, 0.25) is 0 Å². The first-order chi connectivity index (χ1) is 10.6. The molecule has 0 radical (unpaired) electrons. The van der Waals surface area contributed by atoms with Crippen LogP contribution in [0.1, 0.15) is 46.5 Å². The van der Waals surface area contributed by atoms with Gasteiger partial charge >= 0.3 is 0 Å². The molecule has 0 fully saturated rings. The fourth-order valence-electron chi connectivity index (χ4n) is 3.13. The van der Waals surface area contributed by atoms with Gasteiger partial charge in [0, 0.05) is 36.4 Å². The number of hydrogen-bond acceptors (Lipinski definition) is 3. The molecule has 1 unspecified atom stereocenters. The zero-order valence-corrected chi connectivity index (χ0v) is 13.4. The molecule has 0 saturated heterocycles. The van der Waals surface area contributed by atoms with Crippen molar-refractivity contribution in [1.29, 1.82) is 0 Å². The third kappa shape index (κ3) is 2.75. The van der Waals surface area contributed by atoms with E-state index in [9.17, 15) is 4.79 Å². The van der Waals surface area contributed by atoms with Gasteiger partial charge < -0.3 is 9.88 Å². The predicted octanol–water partition coefficient (Wildman–Crippen LogP) is 2.20. The maximum atomic E-state index is 12.5. The monoisotopic (exact) mass is 298 g/mol. The molecule has 2 aromatic heterocycles. The molecule has 1 amide bonds. The molecule has 0 spiro atoms. The van der Waals surface area contributed by atoms with Crippen molar-refractivity contribution >= 4 is 5.91 Å². The normalized spacial score (nSPS) is 17.1. The Labute approximate surface area is 130 Å². The Morgan fingerprint density at radius 2 is 2.27 bits per heavy atom. The van der Waals surface area contributed by atoms with Crippen molar-refractivity contribution in [2.45, 2.75) is 52.6 Å². The SMILES string of the molecule is CCn1ccc(C(=O)NC2CCc3nc(C)ncc3C2)c1C. The van der Waals surface area contributed by atoms with Crippen molar-refractivity contribution < 1.29 is 4.79 Å². The topological polar surface area (TPSA) is 59.8 Å². The van der Waals surface area contributed by atoms with Crippen molar-refractivity contribution in [3.05, 3.63) is 46.8 Å². The van der Waals surface area contributed by atoms with Crippen LogP contribution in [0, 0.1) is 13.8 Å². The van der Waals surface area contributed by atoms with Crippen LogP contribution in [0.15, 0.2) is 18.5 Å². The Morgan fingerprint density at radius 3 is 3.00 bits per heavy atom. The van der Waals surface area contributed by atoms with Gasteiger partial charge in [-0.05, 0) is 51.7 Å². The Balaban J connectivity index is 1.70. The van der Waals surface area contributed by atoms with Gasteiger partial charge in [-0.25, -0.2) is 9.97 Å². The van der Waals surface area contributed by atoms with E-state index in [1.54, 1.807) is 0 Å². The molecule has 0 saturated carbocycles. The number of amides is 1. The molecule has 2 aromatic rings. The summed E-state index contributed by atoms with van der Waals surface area (Å²) in [6, 6.07) is 2.06. The summed E-state index contributed by atoms with van der Waals surface area (Å²) in [4.78, 5) is 21.2. The molecule has 0 aliphatic heterocycles. The van der Waals surface area contributed by atoms with Gasteiger partial charge in [0.25, 0.3) is 5.91 Å². The van der Waals surface area contributed by atoms with E-state index in [0.717, 1.165) is 54.1 Å². The standard InChI is InChI=1S/C17H22N4O/c1-4-21-8-7-15(11(21)2)17(22)20-14-5-6-16-13(9-14)10-18-12(3)19-16/h7-8,10,14H,4-6,9H2,1-3H3,(H,20,22). The second kappa shape index (κ2) is 5.91. The summed E-state index contributed by atoms with van der Waals surface area (Å²) in [6.45, 7) is 6.86. The van der Waals surface area contributed by atoms with Gasteiger partial charge in [0.15, 0.2) is 0 Å². The van der Waals surface area contributed by atoms with Crippen LogP contribution in [-0.4, -0.2) is 26.5 Å². The van der Waals surface area contributed by atoms with Crippen molar-refractivity contribution in [1.82, 2.24) is 19.9 Å². The van der Waals surface area contributed by atoms with Crippen molar-refractivity contribution in [3.8, 4) is 0 Å². The fourth-order valence-corrected chi connectivity index (χ4v) is 3.13. The van der Waals surface area contributed by atoms with E-state index in [4.69, 9.17) is 0 Å². The van der Waals surface area contributed by atoms with E-state index >= 15 is 0 Å². The lowest BCUT2D eigenvalue weighted by atomic mass is 9.92. The van der Waals surface area contributed by atoms with E-state index in [2.05, 4.69) is 26.8 Å². The number of carbonyl (C=O) groups excluding carboxylic acids is 1. The fraction of sp³-hybridized carbons (Fsp3) is 0.471. The van der Waals surface area contributed by atoms with Gasteiger partial charge in [-0.1, -0.05) is 0 Å². The summed E-state index contributed by atoms with van der Waals surface area (Å²) in [5.74, 6) is 0.837. The van der Waals surface area contributed by atoms with Crippen LogP contribution in [0.5, 0.6) is 0 Å². The number of aromatic nitrogens is 3. The molecule has 0 aromatic carbocycles. The minimum atomic E-state index is 0.0196. The van der Waals surface area contributed by atoms with E-state index in [1.807, 2.05) is 32.3 Å². The highest BCUT2D eigenvalue weighted by molar-refractivity contribution is 5.95. The number of fused-ring (bicyclic) bond motifs is 1. The minimum absolute atomic E-state index is 0.0196. The maximum Gasteiger partial charge on any atom is 0.253 e. The Morgan fingerprint density at radius 1 is 1.45 bits per heavy atom. The molecular weight excluding hydrogens is 276 g/mol. The van der Waals surface area contributed by atoms with Gasteiger partial charge in [-0.2, -0.15) is 0 Å². The quantitative estimate of drug-likeness (QED) is 0.945.